The van der Waals surface area contributed by atoms with Gasteiger partial charge in [-0.25, -0.2) is 4.98 Å². The minimum Gasteiger partial charge on any atom is -0.289 e. The number of thioether (sulfide) groups is 1. The lowest BCUT2D eigenvalue weighted by Crippen LogP contribution is -2.21. The fourth-order valence-electron chi connectivity index (χ4n) is 3.67. The van der Waals surface area contributed by atoms with Crippen molar-refractivity contribution in [3.63, 3.8) is 0 Å². The van der Waals surface area contributed by atoms with E-state index in [-0.39, 0.29) is 11.3 Å². The molecule has 4 aromatic carbocycles. The van der Waals surface area contributed by atoms with E-state index in [0.29, 0.717) is 32.9 Å². The molecule has 1 aromatic heterocycles. The molecule has 0 radical (unpaired) electrons. The van der Waals surface area contributed by atoms with Gasteiger partial charge in [-0.15, -0.1) is 0 Å². The summed E-state index contributed by atoms with van der Waals surface area (Å²) in [5.41, 5.74) is 3.75. The van der Waals surface area contributed by atoms with Gasteiger partial charge in [-0.2, -0.15) is 0 Å². The summed E-state index contributed by atoms with van der Waals surface area (Å²) in [6.45, 7) is 0. The summed E-state index contributed by atoms with van der Waals surface area (Å²) in [4.78, 5) is 30.7. The average Bonchev–Trinajstić information content (AvgIpc) is 2.88. The molecule has 0 saturated carbocycles. The Hall–Kier alpha value is -3.96. The maximum Gasteiger partial charge on any atom is 0.266 e. The number of para-hydroxylation sites is 2. The summed E-state index contributed by atoms with van der Waals surface area (Å²) in [5.74, 6) is 0.626. The zero-order valence-corrected chi connectivity index (χ0v) is 18.5. The largest absolute Gasteiger partial charge is 0.289 e. The van der Waals surface area contributed by atoms with E-state index in [1.165, 1.54) is 11.8 Å². The highest BCUT2D eigenvalue weighted by atomic mass is 32.2. The average molecular weight is 449 g/mol. The molecule has 0 aliphatic heterocycles. The fourth-order valence-corrected chi connectivity index (χ4v) is 4.64. The highest BCUT2D eigenvalue weighted by molar-refractivity contribution is 7.98. The first kappa shape index (κ1) is 20.9. The number of fused-ring (bicyclic) bond motifs is 1. The first-order valence-corrected chi connectivity index (χ1v) is 11.6. The summed E-state index contributed by atoms with van der Waals surface area (Å²) in [6.07, 6.45) is 0. The number of carbonyl (C=O) groups is 1. The third-order valence-corrected chi connectivity index (χ3v) is 6.39. The topological polar surface area (TPSA) is 52.0 Å². The number of carbonyl (C=O) groups excluding carboxylic acids is 1. The second kappa shape index (κ2) is 9.27. The Morgan fingerprint density at radius 3 is 2.06 bits per heavy atom. The van der Waals surface area contributed by atoms with E-state index in [0.717, 1.165) is 11.3 Å². The van der Waals surface area contributed by atoms with Crippen molar-refractivity contribution in [1.29, 1.82) is 0 Å². The fraction of sp³-hybridized carbons (Fsp3) is 0.0357. The van der Waals surface area contributed by atoms with Crippen LogP contribution in [0.1, 0.15) is 21.5 Å². The van der Waals surface area contributed by atoms with Gasteiger partial charge in [-0.3, -0.25) is 14.2 Å². The molecule has 0 unspecified atom stereocenters. The molecule has 0 aliphatic rings. The molecule has 0 bridgehead atoms. The van der Waals surface area contributed by atoms with E-state index in [1.54, 1.807) is 10.6 Å². The highest BCUT2D eigenvalue weighted by Crippen LogP contribution is 2.25. The Labute approximate surface area is 195 Å². The maximum atomic E-state index is 13.3. The van der Waals surface area contributed by atoms with Gasteiger partial charge in [0.2, 0.25) is 0 Å². The van der Waals surface area contributed by atoms with E-state index in [1.807, 2.05) is 103 Å². The van der Waals surface area contributed by atoms with Crippen molar-refractivity contribution in [2.45, 2.75) is 10.9 Å². The quantitative estimate of drug-likeness (QED) is 0.184. The van der Waals surface area contributed by atoms with Crippen molar-refractivity contribution in [2.75, 3.05) is 0 Å². The van der Waals surface area contributed by atoms with E-state index >= 15 is 0 Å². The first-order valence-electron chi connectivity index (χ1n) is 10.6. The summed E-state index contributed by atoms with van der Waals surface area (Å²) in [6, 6.07) is 33.8. The lowest BCUT2D eigenvalue weighted by Gasteiger charge is -2.13. The molecule has 0 N–H and O–H groups in total. The molecule has 0 amide bonds. The number of ketones is 1. The predicted molar refractivity (Wildman–Crippen MR) is 133 cm³/mol. The molecular weight excluding hydrogens is 428 g/mol. The van der Waals surface area contributed by atoms with E-state index in [2.05, 4.69) is 0 Å². The minimum absolute atomic E-state index is 0.00363. The summed E-state index contributed by atoms with van der Waals surface area (Å²) >= 11 is 1.50. The molecule has 0 spiro atoms. The van der Waals surface area contributed by atoms with Crippen LogP contribution in [0.3, 0.4) is 0 Å². The van der Waals surface area contributed by atoms with Crippen LogP contribution in [0.2, 0.25) is 0 Å². The molecule has 5 heteroatoms. The van der Waals surface area contributed by atoms with Crippen LogP contribution in [0.25, 0.3) is 16.6 Å². The van der Waals surface area contributed by atoms with Crippen LogP contribution in [-0.4, -0.2) is 15.3 Å². The molecule has 5 aromatic rings. The monoisotopic (exact) mass is 448 g/mol. The molecule has 0 atom stereocenters. The molecular formula is C28H20N2O2S. The number of hydrogen-bond acceptors (Lipinski definition) is 4. The van der Waals surface area contributed by atoms with Crippen molar-refractivity contribution in [3.05, 3.63) is 136 Å². The second-order valence-electron chi connectivity index (χ2n) is 7.57. The van der Waals surface area contributed by atoms with Crippen molar-refractivity contribution in [1.82, 2.24) is 9.55 Å². The summed E-state index contributed by atoms with van der Waals surface area (Å²) < 4.78 is 1.67. The highest BCUT2D eigenvalue weighted by Gasteiger charge is 2.14. The number of nitrogens with zero attached hydrogens (tertiary/aromatic N) is 2. The van der Waals surface area contributed by atoms with Crippen molar-refractivity contribution >= 4 is 28.4 Å². The van der Waals surface area contributed by atoms with Gasteiger partial charge in [0.25, 0.3) is 5.56 Å². The Morgan fingerprint density at radius 2 is 1.33 bits per heavy atom. The van der Waals surface area contributed by atoms with Crippen LogP contribution in [0, 0.1) is 0 Å². The van der Waals surface area contributed by atoms with Crippen molar-refractivity contribution in [2.24, 2.45) is 0 Å². The third kappa shape index (κ3) is 4.36. The Morgan fingerprint density at radius 1 is 0.727 bits per heavy atom. The van der Waals surface area contributed by atoms with Gasteiger partial charge in [0, 0.05) is 16.9 Å². The summed E-state index contributed by atoms with van der Waals surface area (Å²) in [7, 11) is 0. The number of aromatic nitrogens is 2. The molecule has 33 heavy (non-hydrogen) atoms. The minimum atomic E-state index is -0.0851. The maximum absolute atomic E-state index is 13.3. The Bertz CT molecular complexity index is 1480. The van der Waals surface area contributed by atoms with Crippen LogP contribution in [0.5, 0.6) is 0 Å². The van der Waals surface area contributed by atoms with E-state index in [4.69, 9.17) is 4.98 Å². The molecule has 5 rings (SSSR count). The second-order valence-corrected chi connectivity index (χ2v) is 8.51. The lowest BCUT2D eigenvalue weighted by atomic mass is 10.0. The Balaban J connectivity index is 1.44. The molecule has 160 valence electrons. The zero-order valence-electron chi connectivity index (χ0n) is 17.7. The van der Waals surface area contributed by atoms with Gasteiger partial charge < -0.3 is 0 Å². The van der Waals surface area contributed by atoms with Crippen LogP contribution in [-0.2, 0) is 5.75 Å². The molecule has 4 nitrogen and oxygen atoms in total. The molecule has 0 fully saturated rings. The number of hydrogen-bond donors (Lipinski definition) is 0. The SMILES string of the molecule is O=C(c1ccccc1)c1ccc(CSc2nc3ccccc3c(=O)n2-c2ccccc2)cc1. The van der Waals surface area contributed by atoms with Gasteiger partial charge in [0.05, 0.1) is 16.6 Å². The lowest BCUT2D eigenvalue weighted by molar-refractivity contribution is 0.103. The third-order valence-electron chi connectivity index (χ3n) is 5.38. The zero-order chi connectivity index (χ0) is 22.6. The van der Waals surface area contributed by atoms with Crippen molar-refractivity contribution in [3.8, 4) is 5.69 Å². The van der Waals surface area contributed by atoms with E-state index in [9.17, 15) is 9.59 Å². The van der Waals surface area contributed by atoms with Crippen LogP contribution in [0.15, 0.2) is 119 Å². The van der Waals surface area contributed by atoms with Crippen LogP contribution in [0.4, 0.5) is 0 Å². The molecule has 0 aliphatic carbocycles. The molecule has 1 heterocycles. The van der Waals surface area contributed by atoms with Crippen LogP contribution >= 0.6 is 11.8 Å². The van der Waals surface area contributed by atoms with E-state index < -0.39 is 0 Å². The van der Waals surface area contributed by atoms with Gasteiger partial charge in [0.15, 0.2) is 10.9 Å². The number of rotatable bonds is 6. The van der Waals surface area contributed by atoms with Gasteiger partial charge >= 0.3 is 0 Å². The predicted octanol–water partition coefficient (Wildman–Crippen LogP) is 5.91. The smallest absolute Gasteiger partial charge is 0.266 e. The van der Waals surface area contributed by atoms with Gasteiger partial charge in [0.1, 0.15) is 0 Å². The first-order chi connectivity index (χ1) is 16.2. The van der Waals surface area contributed by atoms with Crippen molar-refractivity contribution < 1.29 is 4.79 Å². The standard InChI is InChI=1S/C28H20N2O2S/c31-26(21-9-3-1-4-10-21)22-17-15-20(16-18-22)19-33-28-29-25-14-8-7-13-24(25)27(32)30(28)23-11-5-2-6-12-23/h1-18H,19H2. The normalized spacial score (nSPS) is 10.9. The Kier molecular flexibility index (Phi) is 5.87. The van der Waals surface area contributed by atoms with Crippen LogP contribution < -0.4 is 5.56 Å². The summed E-state index contributed by atoms with van der Waals surface area (Å²) in [5, 5.41) is 1.23. The number of benzene rings is 4. The van der Waals surface area contributed by atoms with Gasteiger partial charge in [-0.05, 0) is 29.8 Å². The molecule has 0 saturated heterocycles. The van der Waals surface area contributed by atoms with Gasteiger partial charge in [-0.1, -0.05) is 96.7 Å².